The Balaban J connectivity index is 3.47. The molecule has 0 aliphatic heterocycles. The molecule has 0 heterocycles. The number of hydrogen-bond donors (Lipinski definition) is 1. The number of benzene rings is 1. The second-order valence-corrected chi connectivity index (χ2v) is 3.83. The molecule has 86 valence electrons. The van der Waals surface area contributed by atoms with Gasteiger partial charge in [0.25, 0.3) is 11.4 Å². The summed E-state index contributed by atoms with van der Waals surface area (Å²) in [5, 5.41) is 30.2. The summed E-state index contributed by atoms with van der Waals surface area (Å²) >= 11 is 2.96. The van der Waals surface area contributed by atoms with Crippen LogP contribution in [0.15, 0.2) is 16.6 Å². The zero-order chi connectivity index (χ0) is 12.3. The van der Waals surface area contributed by atoms with E-state index in [0.29, 0.717) is 0 Å². The molecule has 1 N–H and O–H groups in total. The van der Waals surface area contributed by atoms with Crippen molar-refractivity contribution in [3.63, 3.8) is 0 Å². The van der Waals surface area contributed by atoms with Crippen molar-refractivity contribution < 1.29 is 15.0 Å². The Morgan fingerprint density at radius 1 is 1.19 bits per heavy atom. The molecule has 0 spiro atoms. The van der Waals surface area contributed by atoms with Gasteiger partial charge in [-0.3, -0.25) is 20.2 Å². The van der Waals surface area contributed by atoms with E-state index in [1.54, 1.807) is 0 Å². The minimum Gasteiger partial charge on any atom is -0.396 e. The largest absolute Gasteiger partial charge is 0.396 e. The van der Waals surface area contributed by atoms with Crippen LogP contribution in [0.5, 0.6) is 0 Å². The van der Waals surface area contributed by atoms with Gasteiger partial charge >= 0.3 is 0 Å². The van der Waals surface area contributed by atoms with Gasteiger partial charge in [0.2, 0.25) is 0 Å². The first kappa shape index (κ1) is 12.5. The van der Waals surface area contributed by atoms with Crippen LogP contribution in [-0.2, 0) is 6.42 Å². The molecule has 1 rings (SSSR count). The smallest absolute Gasteiger partial charge is 0.280 e. The fourth-order valence-corrected chi connectivity index (χ4v) is 1.74. The monoisotopic (exact) mass is 290 g/mol. The Bertz CT molecular complexity index is 413. The fraction of sp³-hybridized carbons (Fsp3) is 0.250. The first-order chi connectivity index (χ1) is 7.47. The molecule has 0 saturated carbocycles. The van der Waals surface area contributed by atoms with E-state index in [1.807, 2.05) is 0 Å². The van der Waals surface area contributed by atoms with E-state index in [1.165, 1.54) is 12.1 Å². The Morgan fingerprint density at radius 2 is 1.62 bits per heavy atom. The molecule has 7 nitrogen and oxygen atoms in total. The van der Waals surface area contributed by atoms with Crippen LogP contribution in [0.2, 0.25) is 0 Å². The molecule has 0 amide bonds. The number of hydrogen-bond acceptors (Lipinski definition) is 5. The van der Waals surface area contributed by atoms with E-state index in [9.17, 15) is 20.2 Å². The number of nitro groups is 2. The normalized spacial score (nSPS) is 10.1. The second-order valence-electron chi connectivity index (χ2n) is 2.91. The Morgan fingerprint density at radius 3 is 1.94 bits per heavy atom. The molecule has 0 aliphatic carbocycles. The molecule has 0 fully saturated rings. The number of aliphatic hydroxyl groups excluding tert-OH is 1. The molecular weight excluding hydrogens is 284 g/mol. The van der Waals surface area contributed by atoms with Crippen LogP contribution in [0, 0.1) is 20.2 Å². The van der Waals surface area contributed by atoms with Crippen LogP contribution in [0.3, 0.4) is 0 Å². The van der Waals surface area contributed by atoms with Crippen molar-refractivity contribution in [3.05, 3.63) is 42.4 Å². The van der Waals surface area contributed by atoms with E-state index < -0.39 is 9.85 Å². The van der Waals surface area contributed by atoms with Gasteiger partial charge in [-0.25, -0.2) is 0 Å². The zero-order valence-electron chi connectivity index (χ0n) is 7.92. The van der Waals surface area contributed by atoms with Crippen LogP contribution < -0.4 is 0 Å². The molecule has 16 heavy (non-hydrogen) atoms. The van der Waals surface area contributed by atoms with Gasteiger partial charge < -0.3 is 5.11 Å². The summed E-state index contributed by atoms with van der Waals surface area (Å²) in [6, 6.07) is 2.36. The number of nitrogens with zero attached hydrogens (tertiary/aromatic N) is 2. The van der Waals surface area contributed by atoms with Gasteiger partial charge in [0.15, 0.2) is 0 Å². The molecule has 1 aromatic carbocycles. The first-order valence-electron chi connectivity index (χ1n) is 4.19. The minimum absolute atomic E-state index is 0.0688. The van der Waals surface area contributed by atoms with Crippen LogP contribution in [0.4, 0.5) is 11.4 Å². The summed E-state index contributed by atoms with van der Waals surface area (Å²) in [7, 11) is 0. The minimum atomic E-state index is -0.706. The summed E-state index contributed by atoms with van der Waals surface area (Å²) < 4.78 is 0.257. The summed E-state index contributed by atoms with van der Waals surface area (Å²) in [6.45, 7) is -0.386. The average Bonchev–Trinajstić information content (AvgIpc) is 2.19. The predicted octanol–water partition coefficient (Wildman–Crippen LogP) is 1.80. The third-order valence-corrected chi connectivity index (χ3v) is 2.38. The quantitative estimate of drug-likeness (QED) is 0.672. The standard InChI is InChI=1S/C8H7BrN2O5/c9-5-3-7(10(13)14)6(1-2-12)8(4-5)11(15)16/h3-4,12H,1-2H2. The highest BCUT2D eigenvalue weighted by atomic mass is 79.9. The molecule has 0 unspecified atom stereocenters. The Kier molecular flexibility index (Phi) is 3.91. The summed E-state index contributed by atoms with van der Waals surface area (Å²) in [5.41, 5.74) is -0.800. The lowest BCUT2D eigenvalue weighted by atomic mass is 10.1. The van der Waals surface area contributed by atoms with Gasteiger partial charge in [-0.1, -0.05) is 15.9 Å². The van der Waals surface area contributed by atoms with Crippen LogP contribution in [-0.4, -0.2) is 21.6 Å². The highest BCUT2D eigenvalue weighted by molar-refractivity contribution is 9.10. The van der Waals surface area contributed by atoms with Crippen molar-refractivity contribution in [2.75, 3.05) is 6.61 Å². The summed E-state index contributed by atoms with van der Waals surface area (Å²) in [5.74, 6) is 0. The van der Waals surface area contributed by atoms with Crippen molar-refractivity contribution in [2.24, 2.45) is 0 Å². The maximum atomic E-state index is 10.7. The molecule has 0 saturated heterocycles. The van der Waals surface area contributed by atoms with E-state index in [4.69, 9.17) is 5.11 Å². The molecule has 0 aromatic heterocycles. The second kappa shape index (κ2) is 4.99. The number of rotatable bonds is 4. The van der Waals surface area contributed by atoms with E-state index in [0.717, 1.165) is 0 Å². The van der Waals surface area contributed by atoms with Crippen molar-refractivity contribution in [3.8, 4) is 0 Å². The van der Waals surface area contributed by atoms with E-state index in [2.05, 4.69) is 15.9 Å². The zero-order valence-corrected chi connectivity index (χ0v) is 9.51. The van der Waals surface area contributed by atoms with E-state index >= 15 is 0 Å². The van der Waals surface area contributed by atoms with Gasteiger partial charge in [-0.05, 0) is 0 Å². The average molecular weight is 291 g/mol. The lowest BCUT2D eigenvalue weighted by Gasteiger charge is -2.03. The van der Waals surface area contributed by atoms with Gasteiger partial charge in [0.05, 0.1) is 9.85 Å². The Labute approximate surface area is 98.1 Å². The maximum absolute atomic E-state index is 10.7. The lowest BCUT2D eigenvalue weighted by Crippen LogP contribution is -2.03. The predicted molar refractivity (Wildman–Crippen MR) is 58.2 cm³/mol. The topological polar surface area (TPSA) is 107 Å². The van der Waals surface area contributed by atoms with Crippen molar-refractivity contribution in [2.45, 2.75) is 6.42 Å². The third-order valence-electron chi connectivity index (χ3n) is 1.92. The maximum Gasteiger partial charge on any atom is 0.280 e. The Hall–Kier alpha value is -1.54. The molecule has 1 aromatic rings. The van der Waals surface area contributed by atoms with Crippen LogP contribution in [0.1, 0.15) is 5.56 Å². The fourth-order valence-electron chi connectivity index (χ4n) is 1.30. The van der Waals surface area contributed by atoms with Gasteiger partial charge in [-0.2, -0.15) is 0 Å². The molecular formula is C8H7BrN2O5. The molecule has 0 aliphatic rings. The number of halogens is 1. The van der Waals surface area contributed by atoms with Crippen LogP contribution >= 0.6 is 15.9 Å². The number of aliphatic hydroxyl groups is 1. The first-order valence-corrected chi connectivity index (χ1v) is 4.98. The lowest BCUT2D eigenvalue weighted by molar-refractivity contribution is -0.395. The van der Waals surface area contributed by atoms with E-state index in [-0.39, 0.29) is 34.4 Å². The van der Waals surface area contributed by atoms with Gasteiger partial charge in [0, 0.05) is 29.6 Å². The molecule has 0 atom stereocenters. The van der Waals surface area contributed by atoms with Crippen molar-refractivity contribution in [1.82, 2.24) is 0 Å². The molecule has 0 radical (unpaired) electrons. The SMILES string of the molecule is O=[N+]([O-])c1cc(Br)cc([N+](=O)[O-])c1CCO. The van der Waals surface area contributed by atoms with Gasteiger partial charge in [0.1, 0.15) is 5.56 Å². The molecule has 8 heteroatoms. The van der Waals surface area contributed by atoms with Crippen LogP contribution in [0.25, 0.3) is 0 Å². The third kappa shape index (κ3) is 2.52. The number of nitro benzene ring substituents is 2. The molecule has 0 bridgehead atoms. The van der Waals surface area contributed by atoms with Gasteiger partial charge in [-0.15, -0.1) is 0 Å². The van der Waals surface area contributed by atoms with Crippen molar-refractivity contribution >= 4 is 27.3 Å². The highest BCUT2D eigenvalue weighted by Gasteiger charge is 2.25. The summed E-state index contributed by atoms with van der Waals surface area (Å²) in [6.07, 6.45) is -0.125. The van der Waals surface area contributed by atoms with Crippen molar-refractivity contribution in [1.29, 1.82) is 0 Å². The summed E-state index contributed by atoms with van der Waals surface area (Å²) in [4.78, 5) is 20.0. The highest BCUT2D eigenvalue weighted by Crippen LogP contribution is 2.32.